The summed E-state index contributed by atoms with van der Waals surface area (Å²) in [5, 5.41) is 3.62. The molecule has 7 heteroatoms. The molecule has 110 valence electrons. The van der Waals surface area contributed by atoms with Crippen LogP contribution in [-0.4, -0.2) is 32.8 Å². The van der Waals surface area contributed by atoms with E-state index in [9.17, 15) is 4.39 Å². The number of benzene rings is 1. The number of ether oxygens (including phenoxy) is 1. The Labute approximate surface area is 130 Å². The summed E-state index contributed by atoms with van der Waals surface area (Å²) in [6.45, 7) is 4.50. The van der Waals surface area contributed by atoms with Gasteiger partial charge in [-0.3, -0.25) is 0 Å². The zero-order valence-corrected chi connectivity index (χ0v) is 13.2. The number of methoxy groups -OCH3 is 1. The lowest BCUT2D eigenvalue weighted by Gasteiger charge is -2.34. The van der Waals surface area contributed by atoms with Crippen LogP contribution in [0.1, 0.15) is 6.92 Å². The van der Waals surface area contributed by atoms with Gasteiger partial charge < -0.3 is 15.0 Å². The summed E-state index contributed by atoms with van der Waals surface area (Å²) in [4.78, 5) is 2.01. The Morgan fingerprint density at radius 3 is 2.68 bits per heavy atom. The van der Waals surface area contributed by atoms with Crippen LogP contribution < -0.4 is 15.0 Å². The van der Waals surface area contributed by atoms with E-state index in [4.69, 9.17) is 16.3 Å². The lowest BCUT2D eigenvalue weighted by atomic mass is 10.2. The SMILES string of the molecule is COc1cc(N2CCN[C@@H](C)C2)c(F)cc1Cl.Cl.Cl. The Bertz CT molecular complexity index is 420. The van der Waals surface area contributed by atoms with Crippen LogP contribution in [0.15, 0.2) is 12.1 Å². The van der Waals surface area contributed by atoms with Crippen molar-refractivity contribution in [2.24, 2.45) is 0 Å². The predicted octanol–water partition coefficient (Wildman–Crippen LogP) is 3.13. The van der Waals surface area contributed by atoms with Crippen LogP contribution in [0.3, 0.4) is 0 Å². The number of anilines is 1. The molecule has 1 saturated heterocycles. The van der Waals surface area contributed by atoms with Gasteiger partial charge in [-0.05, 0) is 13.0 Å². The molecule has 1 aliphatic rings. The van der Waals surface area contributed by atoms with Gasteiger partial charge in [0.2, 0.25) is 0 Å². The third-order valence-electron chi connectivity index (χ3n) is 2.93. The smallest absolute Gasteiger partial charge is 0.148 e. The van der Waals surface area contributed by atoms with Gasteiger partial charge in [0.1, 0.15) is 11.6 Å². The molecule has 0 aliphatic carbocycles. The lowest BCUT2D eigenvalue weighted by molar-refractivity contribution is 0.413. The van der Waals surface area contributed by atoms with Crippen LogP contribution in [0, 0.1) is 5.82 Å². The van der Waals surface area contributed by atoms with E-state index in [0.29, 0.717) is 22.5 Å². The minimum absolute atomic E-state index is 0. The quantitative estimate of drug-likeness (QED) is 0.901. The molecule has 1 aromatic carbocycles. The molecule has 0 saturated carbocycles. The topological polar surface area (TPSA) is 24.5 Å². The molecule has 1 fully saturated rings. The summed E-state index contributed by atoms with van der Waals surface area (Å²) in [6.07, 6.45) is 0. The van der Waals surface area contributed by atoms with Crippen LogP contribution in [-0.2, 0) is 0 Å². The maximum Gasteiger partial charge on any atom is 0.148 e. The summed E-state index contributed by atoms with van der Waals surface area (Å²) in [5.74, 6) is 0.208. The largest absolute Gasteiger partial charge is 0.495 e. The van der Waals surface area contributed by atoms with Gasteiger partial charge in [-0.2, -0.15) is 0 Å². The summed E-state index contributed by atoms with van der Waals surface area (Å²) in [6, 6.07) is 3.32. The van der Waals surface area contributed by atoms with E-state index in [0.717, 1.165) is 19.6 Å². The second-order valence-corrected chi connectivity index (χ2v) is 4.65. The van der Waals surface area contributed by atoms with Crippen LogP contribution in [0.25, 0.3) is 0 Å². The molecule has 0 bridgehead atoms. The first-order valence-electron chi connectivity index (χ1n) is 5.63. The second kappa shape index (κ2) is 8.00. The Balaban J connectivity index is 0.00000162. The standard InChI is InChI=1S/C12H16ClFN2O.2ClH/c1-8-7-16(4-3-15-8)11-6-12(17-2)9(13)5-10(11)14;;/h5-6,8,15H,3-4,7H2,1-2H3;2*1H/t8-;;/m0../s1. The Hall–Kier alpha value is -0.420. The zero-order valence-electron chi connectivity index (χ0n) is 10.8. The van der Waals surface area contributed by atoms with Crippen molar-refractivity contribution < 1.29 is 9.13 Å². The van der Waals surface area contributed by atoms with Gasteiger partial charge in [0, 0.05) is 31.7 Å². The summed E-state index contributed by atoms with van der Waals surface area (Å²) in [7, 11) is 1.53. The van der Waals surface area contributed by atoms with Gasteiger partial charge in [0.25, 0.3) is 0 Å². The van der Waals surface area contributed by atoms with Crippen molar-refractivity contribution in [3.8, 4) is 5.75 Å². The van der Waals surface area contributed by atoms with Crippen molar-refractivity contribution in [2.45, 2.75) is 13.0 Å². The molecule has 1 heterocycles. The van der Waals surface area contributed by atoms with Gasteiger partial charge in [0.05, 0.1) is 17.8 Å². The molecule has 3 nitrogen and oxygen atoms in total. The van der Waals surface area contributed by atoms with E-state index >= 15 is 0 Å². The molecule has 19 heavy (non-hydrogen) atoms. The van der Waals surface area contributed by atoms with E-state index in [1.165, 1.54) is 13.2 Å². The number of nitrogens with zero attached hydrogens (tertiary/aromatic N) is 1. The highest BCUT2D eigenvalue weighted by Crippen LogP contribution is 2.32. The van der Waals surface area contributed by atoms with E-state index < -0.39 is 0 Å². The maximum absolute atomic E-state index is 13.9. The monoisotopic (exact) mass is 330 g/mol. The van der Waals surface area contributed by atoms with E-state index in [2.05, 4.69) is 12.2 Å². The van der Waals surface area contributed by atoms with Crippen molar-refractivity contribution >= 4 is 42.1 Å². The Kier molecular flexibility index (Phi) is 7.82. The fraction of sp³-hybridized carbons (Fsp3) is 0.500. The normalized spacial score (nSPS) is 18.3. The number of halogens is 4. The molecule has 1 aliphatic heterocycles. The maximum atomic E-state index is 13.9. The highest BCUT2D eigenvalue weighted by molar-refractivity contribution is 6.32. The molecule has 1 N–H and O–H groups in total. The average Bonchev–Trinajstić information content (AvgIpc) is 2.29. The minimum Gasteiger partial charge on any atom is -0.495 e. The number of rotatable bonds is 2. The highest BCUT2D eigenvalue weighted by Gasteiger charge is 2.20. The van der Waals surface area contributed by atoms with E-state index in [1.807, 2.05) is 4.90 Å². The van der Waals surface area contributed by atoms with Gasteiger partial charge in [-0.1, -0.05) is 11.6 Å². The van der Waals surface area contributed by atoms with Gasteiger partial charge in [-0.15, -0.1) is 24.8 Å². The molecular formula is C12H18Cl3FN2O. The number of hydrogen-bond acceptors (Lipinski definition) is 3. The van der Waals surface area contributed by atoms with Crippen LogP contribution in [0.4, 0.5) is 10.1 Å². The molecule has 2 rings (SSSR count). The van der Waals surface area contributed by atoms with Crippen molar-refractivity contribution in [1.29, 1.82) is 0 Å². The minimum atomic E-state index is -0.301. The Morgan fingerprint density at radius 1 is 1.42 bits per heavy atom. The molecule has 0 aromatic heterocycles. The number of piperazine rings is 1. The molecular weight excluding hydrogens is 314 g/mol. The van der Waals surface area contributed by atoms with Crippen LogP contribution in [0.2, 0.25) is 5.02 Å². The first kappa shape index (κ1) is 18.6. The first-order chi connectivity index (χ1) is 8.11. The van der Waals surface area contributed by atoms with Gasteiger partial charge in [0.15, 0.2) is 0 Å². The van der Waals surface area contributed by atoms with E-state index in [1.54, 1.807) is 6.07 Å². The summed E-state index contributed by atoms with van der Waals surface area (Å²) >= 11 is 5.87. The third kappa shape index (κ3) is 4.28. The van der Waals surface area contributed by atoms with Crippen molar-refractivity contribution in [3.05, 3.63) is 23.0 Å². The fourth-order valence-electron chi connectivity index (χ4n) is 2.07. The number of hydrogen-bond donors (Lipinski definition) is 1. The zero-order chi connectivity index (χ0) is 12.4. The third-order valence-corrected chi connectivity index (χ3v) is 3.23. The van der Waals surface area contributed by atoms with E-state index in [-0.39, 0.29) is 30.6 Å². The second-order valence-electron chi connectivity index (χ2n) is 4.24. The van der Waals surface area contributed by atoms with Crippen LogP contribution >= 0.6 is 36.4 Å². The molecule has 1 atom stereocenters. The van der Waals surface area contributed by atoms with Gasteiger partial charge in [-0.25, -0.2) is 4.39 Å². The summed E-state index contributed by atoms with van der Waals surface area (Å²) in [5.41, 5.74) is 0.555. The molecule has 0 unspecified atom stereocenters. The first-order valence-corrected chi connectivity index (χ1v) is 6.01. The predicted molar refractivity (Wildman–Crippen MR) is 82.1 cm³/mol. The molecule has 0 radical (unpaired) electrons. The molecule has 0 spiro atoms. The van der Waals surface area contributed by atoms with Crippen molar-refractivity contribution in [1.82, 2.24) is 5.32 Å². The molecule has 0 amide bonds. The lowest BCUT2D eigenvalue weighted by Crippen LogP contribution is -2.49. The van der Waals surface area contributed by atoms with Crippen molar-refractivity contribution in [3.63, 3.8) is 0 Å². The summed E-state index contributed by atoms with van der Waals surface area (Å²) < 4.78 is 19.0. The van der Waals surface area contributed by atoms with Gasteiger partial charge >= 0.3 is 0 Å². The Morgan fingerprint density at radius 2 is 2.11 bits per heavy atom. The highest BCUT2D eigenvalue weighted by atomic mass is 35.5. The average molecular weight is 332 g/mol. The van der Waals surface area contributed by atoms with Crippen molar-refractivity contribution in [2.75, 3.05) is 31.6 Å². The number of nitrogens with one attached hydrogen (secondary N) is 1. The molecule has 1 aromatic rings. The van der Waals surface area contributed by atoms with Crippen LogP contribution in [0.5, 0.6) is 5.75 Å². The fourth-order valence-corrected chi connectivity index (χ4v) is 2.30.